The molecule has 0 unspecified atom stereocenters. The lowest BCUT2D eigenvalue weighted by atomic mass is 9.94. The van der Waals surface area contributed by atoms with Crippen molar-refractivity contribution in [2.45, 2.75) is 56.4 Å². The Morgan fingerprint density at radius 2 is 1.41 bits per heavy atom. The van der Waals surface area contributed by atoms with E-state index in [1.165, 1.54) is 0 Å². The number of benzene rings is 3. The van der Waals surface area contributed by atoms with Crippen molar-refractivity contribution in [1.82, 2.24) is 10.2 Å². The molecule has 2 amide bonds. The Balaban J connectivity index is 0.000000158. The van der Waals surface area contributed by atoms with Gasteiger partial charge in [0, 0.05) is 30.8 Å². The van der Waals surface area contributed by atoms with E-state index in [0.717, 1.165) is 46.4 Å². The number of nitrogens with one attached hydrogen (secondary N) is 1. The van der Waals surface area contributed by atoms with Gasteiger partial charge in [0.15, 0.2) is 0 Å². The number of hydrogen-bond acceptors (Lipinski definition) is 3. The SMILES string of the molecule is COc1ccc(CN2CCc3cc(C4(F)CC4)ccc3C2=O)cc1.O=C1NCCc2cc(C3(F)CC3)ccc21. The number of alkyl halides is 2. The molecule has 1 N–H and O–H groups in total. The molecular formula is C32H32F2N2O3. The summed E-state index contributed by atoms with van der Waals surface area (Å²) in [6, 6.07) is 18.6. The minimum Gasteiger partial charge on any atom is -0.497 e. The number of halogens is 2. The number of rotatable bonds is 5. The molecule has 2 fully saturated rings. The molecule has 0 spiro atoms. The number of fused-ring (bicyclic) bond motifs is 2. The summed E-state index contributed by atoms with van der Waals surface area (Å²) in [5.41, 5.74) is 3.70. The fraction of sp³-hybridized carbons (Fsp3) is 0.375. The number of methoxy groups -OCH3 is 1. The molecule has 2 aliphatic heterocycles. The number of hydrogen-bond donors (Lipinski definition) is 1. The molecule has 0 aromatic heterocycles. The van der Waals surface area contributed by atoms with Gasteiger partial charge in [-0.25, -0.2) is 8.78 Å². The van der Waals surface area contributed by atoms with Gasteiger partial charge in [-0.3, -0.25) is 9.59 Å². The number of amides is 2. The summed E-state index contributed by atoms with van der Waals surface area (Å²) < 4.78 is 33.2. The van der Waals surface area contributed by atoms with Crippen LogP contribution in [0.3, 0.4) is 0 Å². The lowest BCUT2D eigenvalue weighted by Gasteiger charge is -2.29. The van der Waals surface area contributed by atoms with Crippen molar-refractivity contribution in [3.05, 3.63) is 99.6 Å². The number of ether oxygens (including phenoxy) is 1. The van der Waals surface area contributed by atoms with E-state index in [4.69, 9.17) is 4.74 Å². The second kappa shape index (κ2) is 9.78. The van der Waals surface area contributed by atoms with Gasteiger partial charge in [-0.05, 0) is 90.6 Å². The van der Waals surface area contributed by atoms with Crippen LogP contribution in [0.15, 0.2) is 60.7 Å². The fourth-order valence-electron chi connectivity index (χ4n) is 5.42. The quantitative estimate of drug-likeness (QED) is 0.455. The van der Waals surface area contributed by atoms with E-state index in [9.17, 15) is 18.4 Å². The fourth-order valence-corrected chi connectivity index (χ4v) is 5.42. The summed E-state index contributed by atoms with van der Waals surface area (Å²) >= 11 is 0. The van der Waals surface area contributed by atoms with E-state index in [-0.39, 0.29) is 11.8 Å². The van der Waals surface area contributed by atoms with Crippen LogP contribution in [0.4, 0.5) is 8.78 Å². The molecule has 2 heterocycles. The minimum atomic E-state index is -1.14. The monoisotopic (exact) mass is 530 g/mol. The first kappa shape index (κ1) is 25.5. The van der Waals surface area contributed by atoms with Gasteiger partial charge in [0.25, 0.3) is 11.8 Å². The molecule has 0 radical (unpaired) electrons. The molecule has 7 heteroatoms. The van der Waals surface area contributed by atoms with Crippen LogP contribution in [0, 0.1) is 0 Å². The van der Waals surface area contributed by atoms with Gasteiger partial charge < -0.3 is 15.0 Å². The lowest BCUT2D eigenvalue weighted by Crippen LogP contribution is -2.37. The predicted molar refractivity (Wildman–Crippen MR) is 144 cm³/mol. The van der Waals surface area contributed by atoms with E-state index in [2.05, 4.69) is 5.32 Å². The second-order valence-corrected chi connectivity index (χ2v) is 11.0. The van der Waals surface area contributed by atoms with E-state index in [0.29, 0.717) is 56.4 Å². The van der Waals surface area contributed by atoms with Crippen molar-refractivity contribution in [1.29, 1.82) is 0 Å². The van der Waals surface area contributed by atoms with Crippen LogP contribution < -0.4 is 10.1 Å². The summed E-state index contributed by atoms with van der Waals surface area (Å²) in [5, 5.41) is 2.78. The van der Waals surface area contributed by atoms with Crippen molar-refractivity contribution < 1.29 is 23.1 Å². The Hall–Kier alpha value is -3.74. The van der Waals surface area contributed by atoms with Gasteiger partial charge in [-0.2, -0.15) is 0 Å². The number of carbonyl (C=O) groups is 2. The van der Waals surface area contributed by atoms with Crippen molar-refractivity contribution in [3.63, 3.8) is 0 Å². The number of carbonyl (C=O) groups excluding carboxylic acids is 2. The molecule has 2 saturated carbocycles. The van der Waals surface area contributed by atoms with Crippen LogP contribution in [0.5, 0.6) is 5.75 Å². The molecule has 39 heavy (non-hydrogen) atoms. The third-order valence-electron chi connectivity index (χ3n) is 8.25. The van der Waals surface area contributed by atoms with Crippen LogP contribution in [0.2, 0.25) is 0 Å². The zero-order chi connectivity index (χ0) is 27.2. The van der Waals surface area contributed by atoms with Crippen LogP contribution in [0.25, 0.3) is 0 Å². The summed E-state index contributed by atoms with van der Waals surface area (Å²) in [7, 11) is 1.64. The van der Waals surface area contributed by atoms with E-state index in [1.807, 2.05) is 41.3 Å². The maximum atomic E-state index is 14.2. The Bertz CT molecular complexity index is 1430. The Kier molecular flexibility index (Phi) is 6.40. The second-order valence-electron chi connectivity index (χ2n) is 11.0. The molecule has 7 rings (SSSR count). The van der Waals surface area contributed by atoms with Gasteiger partial charge in [0.1, 0.15) is 17.1 Å². The van der Waals surface area contributed by atoms with Gasteiger partial charge >= 0.3 is 0 Å². The standard InChI is InChI=1S/C20H20FNO2.C12H12FNO/c1-24-17-5-2-14(3-6-17)13-22-11-8-15-12-16(20(21)9-10-20)4-7-18(15)19(22)23;13-12(4-5-12)9-1-2-10-8(7-9)3-6-14-11(10)15/h2-7,12H,8-11,13H2,1H3;1-2,7H,3-6H2,(H,14,15). The van der Waals surface area contributed by atoms with Crippen LogP contribution in [-0.2, 0) is 30.7 Å². The van der Waals surface area contributed by atoms with E-state index >= 15 is 0 Å². The summed E-state index contributed by atoms with van der Waals surface area (Å²) in [6.45, 7) is 1.91. The highest BCUT2D eigenvalue weighted by molar-refractivity contribution is 5.97. The third kappa shape index (κ3) is 5.14. The largest absolute Gasteiger partial charge is 0.497 e. The normalized spacial score (nSPS) is 19.6. The number of nitrogens with zero attached hydrogens (tertiary/aromatic N) is 1. The molecule has 0 bridgehead atoms. The van der Waals surface area contributed by atoms with Crippen molar-refractivity contribution in [2.24, 2.45) is 0 Å². The van der Waals surface area contributed by atoms with Gasteiger partial charge in [0.05, 0.1) is 7.11 Å². The third-order valence-corrected chi connectivity index (χ3v) is 8.25. The van der Waals surface area contributed by atoms with Gasteiger partial charge in [0.2, 0.25) is 0 Å². The average molecular weight is 531 g/mol. The van der Waals surface area contributed by atoms with Gasteiger partial charge in [-0.1, -0.05) is 36.4 Å². The van der Waals surface area contributed by atoms with Crippen molar-refractivity contribution >= 4 is 11.8 Å². The molecule has 3 aromatic carbocycles. The Labute approximate surface area is 227 Å². The average Bonchev–Trinajstić information content (AvgIpc) is 3.89. The molecule has 0 saturated heterocycles. The summed E-state index contributed by atoms with van der Waals surface area (Å²) in [6.07, 6.45) is 4.04. The maximum Gasteiger partial charge on any atom is 0.254 e. The molecule has 2 aliphatic carbocycles. The Morgan fingerprint density at radius 1 is 0.821 bits per heavy atom. The highest BCUT2D eigenvalue weighted by Gasteiger charge is 2.46. The first-order valence-electron chi connectivity index (χ1n) is 13.6. The summed E-state index contributed by atoms with van der Waals surface area (Å²) in [4.78, 5) is 26.0. The molecular weight excluding hydrogens is 498 g/mol. The predicted octanol–water partition coefficient (Wildman–Crippen LogP) is 5.78. The highest BCUT2D eigenvalue weighted by Crippen LogP contribution is 2.50. The van der Waals surface area contributed by atoms with E-state index in [1.54, 1.807) is 31.4 Å². The Morgan fingerprint density at radius 3 is 2.00 bits per heavy atom. The zero-order valence-electron chi connectivity index (χ0n) is 22.1. The minimum absolute atomic E-state index is 0.0299. The van der Waals surface area contributed by atoms with Crippen molar-refractivity contribution in [3.8, 4) is 5.75 Å². The maximum absolute atomic E-state index is 14.2. The smallest absolute Gasteiger partial charge is 0.254 e. The van der Waals surface area contributed by atoms with Crippen LogP contribution in [-0.4, -0.2) is 36.9 Å². The molecule has 3 aromatic rings. The first-order valence-corrected chi connectivity index (χ1v) is 13.6. The van der Waals surface area contributed by atoms with Gasteiger partial charge in [-0.15, -0.1) is 0 Å². The molecule has 4 aliphatic rings. The van der Waals surface area contributed by atoms with Crippen LogP contribution in [0.1, 0.15) is 74.2 Å². The molecule has 0 atom stereocenters. The topological polar surface area (TPSA) is 58.6 Å². The highest BCUT2D eigenvalue weighted by atomic mass is 19.1. The van der Waals surface area contributed by atoms with Crippen LogP contribution >= 0.6 is 0 Å². The zero-order valence-corrected chi connectivity index (χ0v) is 22.1. The van der Waals surface area contributed by atoms with Crippen molar-refractivity contribution in [2.75, 3.05) is 20.2 Å². The lowest BCUT2D eigenvalue weighted by molar-refractivity contribution is 0.0726. The molecule has 5 nitrogen and oxygen atoms in total. The van der Waals surface area contributed by atoms with E-state index < -0.39 is 11.3 Å². The summed E-state index contributed by atoms with van der Waals surface area (Å²) in [5.74, 6) is 0.802. The first-order chi connectivity index (χ1) is 18.8. The molecule has 202 valence electrons.